The fourth-order valence-electron chi connectivity index (χ4n) is 3.39. The molecule has 0 unspecified atom stereocenters. The Balaban J connectivity index is 1.78. The summed E-state index contributed by atoms with van der Waals surface area (Å²) in [5.41, 5.74) is 3.86. The molecular weight excluding hydrogens is 278 g/mol. The third-order valence-electron chi connectivity index (χ3n) is 4.59. The topological polar surface area (TPSA) is 56.1 Å². The van der Waals surface area contributed by atoms with Gasteiger partial charge in [0.2, 0.25) is 0 Å². The van der Waals surface area contributed by atoms with Crippen molar-refractivity contribution in [1.82, 2.24) is 19.7 Å². The second-order valence-corrected chi connectivity index (χ2v) is 5.93. The highest BCUT2D eigenvalue weighted by Gasteiger charge is 2.23. The van der Waals surface area contributed by atoms with Gasteiger partial charge in [0.25, 0.3) is 0 Å². The molecule has 4 rings (SSSR count). The molecule has 2 aromatic heterocycles. The fourth-order valence-corrected chi connectivity index (χ4v) is 3.39. The Kier molecular flexibility index (Phi) is 3.54. The largest absolute Gasteiger partial charge is 0.378 e. The SMILES string of the molecule is Cc1c2c(nn1-c1nccnc1N1CCOCC1)CCCC2. The number of hydrogen-bond donors (Lipinski definition) is 0. The van der Waals surface area contributed by atoms with Crippen LogP contribution in [-0.2, 0) is 17.6 Å². The summed E-state index contributed by atoms with van der Waals surface area (Å²) >= 11 is 0. The highest BCUT2D eigenvalue weighted by molar-refractivity contribution is 5.54. The Bertz CT molecular complexity index is 675. The van der Waals surface area contributed by atoms with Gasteiger partial charge >= 0.3 is 0 Å². The molecule has 0 aromatic carbocycles. The number of aryl methyl sites for hydroxylation is 1. The second-order valence-electron chi connectivity index (χ2n) is 5.93. The van der Waals surface area contributed by atoms with Gasteiger partial charge < -0.3 is 9.64 Å². The van der Waals surface area contributed by atoms with Gasteiger partial charge in [-0.2, -0.15) is 5.10 Å². The summed E-state index contributed by atoms with van der Waals surface area (Å²) in [7, 11) is 0. The van der Waals surface area contributed by atoms with Crippen LogP contribution in [0.25, 0.3) is 5.82 Å². The maximum absolute atomic E-state index is 5.44. The first-order valence-electron chi connectivity index (χ1n) is 8.06. The predicted molar refractivity (Wildman–Crippen MR) is 83.6 cm³/mol. The summed E-state index contributed by atoms with van der Waals surface area (Å²) < 4.78 is 7.44. The minimum absolute atomic E-state index is 0.741. The first-order valence-corrected chi connectivity index (χ1v) is 8.06. The van der Waals surface area contributed by atoms with Crippen LogP contribution in [0.15, 0.2) is 12.4 Å². The predicted octanol–water partition coefficient (Wildman–Crippen LogP) is 1.69. The zero-order valence-corrected chi connectivity index (χ0v) is 13.0. The summed E-state index contributed by atoms with van der Waals surface area (Å²) in [6.07, 6.45) is 8.22. The van der Waals surface area contributed by atoms with E-state index >= 15 is 0 Å². The van der Waals surface area contributed by atoms with Crippen LogP contribution < -0.4 is 4.90 Å². The lowest BCUT2D eigenvalue weighted by Crippen LogP contribution is -2.37. The molecule has 2 aromatic rings. The van der Waals surface area contributed by atoms with E-state index < -0.39 is 0 Å². The van der Waals surface area contributed by atoms with Crippen molar-refractivity contribution in [3.63, 3.8) is 0 Å². The Hall–Kier alpha value is -1.95. The van der Waals surface area contributed by atoms with Gasteiger partial charge in [0.15, 0.2) is 11.6 Å². The molecule has 0 spiro atoms. The molecule has 3 heterocycles. The van der Waals surface area contributed by atoms with Crippen LogP contribution in [0, 0.1) is 6.92 Å². The molecule has 6 nitrogen and oxygen atoms in total. The van der Waals surface area contributed by atoms with Crippen LogP contribution in [0.2, 0.25) is 0 Å². The van der Waals surface area contributed by atoms with Gasteiger partial charge in [-0.05, 0) is 38.2 Å². The van der Waals surface area contributed by atoms with E-state index in [2.05, 4.69) is 21.8 Å². The zero-order valence-electron chi connectivity index (χ0n) is 13.0. The molecule has 0 radical (unpaired) electrons. The molecule has 0 atom stereocenters. The Labute approximate surface area is 130 Å². The standard InChI is InChI=1S/C16H21N5O/c1-12-13-4-2-3-5-14(13)19-21(12)16-15(17-6-7-18-16)20-8-10-22-11-9-20/h6-7H,2-5,8-11H2,1H3. The van der Waals surface area contributed by atoms with Crippen molar-refractivity contribution in [2.75, 3.05) is 31.2 Å². The number of morpholine rings is 1. The lowest BCUT2D eigenvalue weighted by atomic mass is 9.96. The summed E-state index contributed by atoms with van der Waals surface area (Å²) in [4.78, 5) is 11.4. The van der Waals surface area contributed by atoms with Crippen LogP contribution in [0.1, 0.15) is 29.8 Å². The molecule has 0 amide bonds. The summed E-state index contributed by atoms with van der Waals surface area (Å²) in [6, 6.07) is 0. The molecule has 0 saturated carbocycles. The average Bonchev–Trinajstić information content (AvgIpc) is 2.93. The Morgan fingerprint density at radius 2 is 1.73 bits per heavy atom. The van der Waals surface area contributed by atoms with Gasteiger partial charge in [0.1, 0.15) is 0 Å². The highest BCUT2D eigenvalue weighted by Crippen LogP contribution is 2.28. The minimum Gasteiger partial charge on any atom is -0.378 e. The smallest absolute Gasteiger partial charge is 0.197 e. The Morgan fingerprint density at radius 1 is 1.00 bits per heavy atom. The van der Waals surface area contributed by atoms with Crippen molar-refractivity contribution < 1.29 is 4.74 Å². The van der Waals surface area contributed by atoms with E-state index in [1.54, 1.807) is 12.4 Å². The van der Waals surface area contributed by atoms with E-state index in [9.17, 15) is 0 Å². The first-order chi connectivity index (χ1) is 10.8. The van der Waals surface area contributed by atoms with Crippen molar-refractivity contribution in [1.29, 1.82) is 0 Å². The number of anilines is 1. The number of nitrogens with zero attached hydrogens (tertiary/aromatic N) is 5. The molecule has 2 aliphatic rings. The quantitative estimate of drug-likeness (QED) is 0.844. The van der Waals surface area contributed by atoms with E-state index in [-0.39, 0.29) is 0 Å². The molecule has 1 aliphatic carbocycles. The summed E-state index contributed by atoms with van der Waals surface area (Å²) in [5.74, 6) is 1.75. The van der Waals surface area contributed by atoms with Crippen molar-refractivity contribution >= 4 is 5.82 Å². The lowest BCUT2D eigenvalue weighted by Gasteiger charge is -2.28. The summed E-state index contributed by atoms with van der Waals surface area (Å²) in [5, 5.41) is 4.83. The molecule has 22 heavy (non-hydrogen) atoms. The number of hydrogen-bond acceptors (Lipinski definition) is 5. The van der Waals surface area contributed by atoms with E-state index in [1.165, 1.54) is 29.8 Å². The molecule has 0 N–H and O–H groups in total. The normalized spacial score (nSPS) is 18.3. The monoisotopic (exact) mass is 299 g/mol. The van der Waals surface area contributed by atoms with Crippen LogP contribution in [0.4, 0.5) is 5.82 Å². The van der Waals surface area contributed by atoms with Gasteiger partial charge in [-0.3, -0.25) is 0 Å². The van der Waals surface area contributed by atoms with Gasteiger partial charge in [-0.1, -0.05) is 0 Å². The van der Waals surface area contributed by atoms with Crippen molar-refractivity contribution in [3.8, 4) is 5.82 Å². The van der Waals surface area contributed by atoms with E-state index in [0.29, 0.717) is 0 Å². The van der Waals surface area contributed by atoms with Crippen molar-refractivity contribution in [3.05, 3.63) is 29.3 Å². The maximum Gasteiger partial charge on any atom is 0.197 e. The number of ether oxygens (including phenoxy) is 1. The van der Waals surface area contributed by atoms with Gasteiger partial charge in [-0.15, -0.1) is 0 Å². The van der Waals surface area contributed by atoms with Crippen LogP contribution in [-0.4, -0.2) is 46.1 Å². The van der Waals surface area contributed by atoms with Crippen LogP contribution in [0.5, 0.6) is 0 Å². The zero-order chi connectivity index (χ0) is 14.9. The maximum atomic E-state index is 5.44. The minimum atomic E-state index is 0.741. The first kappa shape index (κ1) is 13.7. The van der Waals surface area contributed by atoms with Crippen LogP contribution in [0.3, 0.4) is 0 Å². The molecule has 6 heteroatoms. The second kappa shape index (κ2) is 5.68. The van der Waals surface area contributed by atoms with Gasteiger partial charge in [0, 0.05) is 31.2 Å². The highest BCUT2D eigenvalue weighted by atomic mass is 16.5. The molecule has 1 fully saturated rings. The Morgan fingerprint density at radius 3 is 2.50 bits per heavy atom. The average molecular weight is 299 g/mol. The van der Waals surface area contributed by atoms with E-state index in [0.717, 1.165) is 50.8 Å². The fraction of sp³-hybridized carbons (Fsp3) is 0.562. The molecule has 1 aliphatic heterocycles. The van der Waals surface area contributed by atoms with Gasteiger partial charge in [-0.25, -0.2) is 14.6 Å². The molecule has 0 bridgehead atoms. The molecule has 116 valence electrons. The third-order valence-corrected chi connectivity index (χ3v) is 4.59. The van der Waals surface area contributed by atoms with Crippen LogP contribution >= 0.6 is 0 Å². The number of rotatable bonds is 2. The summed E-state index contributed by atoms with van der Waals surface area (Å²) in [6.45, 7) is 5.33. The van der Waals surface area contributed by atoms with Crippen molar-refractivity contribution in [2.45, 2.75) is 32.6 Å². The van der Waals surface area contributed by atoms with Gasteiger partial charge in [0.05, 0.1) is 18.9 Å². The third kappa shape index (κ3) is 2.27. The lowest BCUT2D eigenvalue weighted by molar-refractivity contribution is 0.122. The van der Waals surface area contributed by atoms with E-state index in [1.807, 2.05) is 4.68 Å². The molecular formula is C16H21N5O. The molecule has 1 saturated heterocycles. The van der Waals surface area contributed by atoms with E-state index in [4.69, 9.17) is 9.84 Å². The number of aromatic nitrogens is 4. The number of fused-ring (bicyclic) bond motifs is 1. The van der Waals surface area contributed by atoms with Crippen molar-refractivity contribution in [2.24, 2.45) is 0 Å².